The number of hydrogen-bond donors (Lipinski definition) is 2. The summed E-state index contributed by atoms with van der Waals surface area (Å²) >= 11 is 0. The van der Waals surface area contributed by atoms with Gasteiger partial charge in [-0.05, 0) is 56.2 Å². The van der Waals surface area contributed by atoms with Gasteiger partial charge < -0.3 is 15.4 Å². The van der Waals surface area contributed by atoms with Crippen LogP contribution in [0.15, 0.2) is 54.7 Å². The van der Waals surface area contributed by atoms with E-state index in [-0.39, 0.29) is 0 Å². The highest BCUT2D eigenvalue weighted by molar-refractivity contribution is 5.65. The van der Waals surface area contributed by atoms with Crippen molar-refractivity contribution in [3.8, 4) is 5.75 Å². The molecular weight excluding hydrogens is 312 g/mol. The number of aromatic nitrogens is 2. The van der Waals surface area contributed by atoms with Crippen molar-refractivity contribution in [2.24, 2.45) is 0 Å². The van der Waals surface area contributed by atoms with E-state index in [1.165, 1.54) is 5.56 Å². The molecule has 0 aliphatic carbocycles. The van der Waals surface area contributed by atoms with Crippen molar-refractivity contribution in [3.63, 3.8) is 0 Å². The van der Waals surface area contributed by atoms with Crippen molar-refractivity contribution in [2.75, 3.05) is 17.2 Å². The van der Waals surface area contributed by atoms with Crippen molar-refractivity contribution in [3.05, 3.63) is 65.9 Å². The molecule has 0 unspecified atom stereocenters. The van der Waals surface area contributed by atoms with E-state index in [1.54, 1.807) is 6.20 Å². The first kappa shape index (κ1) is 16.8. The van der Waals surface area contributed by atoms with Crippen LogP contribution in [0, 0.1) is 13.8 Å². The lowest BCUT2D eigenvalue weighted by Gasteiger charge is -2.13. The molecule has 25 heavy (non-hydrogen) atoms. The standard InChI is InChI=1S/C20H22N4O/c1-4-25-18-8-6-5-7-16(18)22-19-11-12-21-20(24-19)23-17-13-14(2)9-10-15(17)3/h5-13H,4H2,1-3H3,(H2,21,22,23,24). The van der Waals surface area contributed by atoms with Gasteiger partial charge in [-0.2, -0.15) is 4.98 Å². The summed E-state index contributed by atoms with van der Waals surface area (Å²) in [6, 6.07) is 15.9. The Hall–Kier alpha value is -3.08. The number of rotatable bonds is 6. The van der Waals surface area contributed by atoms with Crippen LogP contribution in [-0.4, -0.2) is 16.6 Å². The minimum atomic E-state index is 0.549. The van der Waals surface area contributed by atoms with E-state index in [1.807, 2.05) is 37.3 Å². The lowest BCUT2D eigenvalue weighted by atomic mass is 10.1. The van der Waals surface area contributed by atoms with Crippen molar-refractivity contribution in [1.29, 1.82) is 0 Å². The van der Waals surface area contributed by atoms with E-state index >= 15 is 0 Å². The fraction of sp³-hybridized carbons (Fsp3) is 0.200. The van der Waals surface area contributed by atoms with Crippen molar-refractivity contribution in [2.45, 2.75) is 20.8 Å². The Morgan fingerprint density at radius 1 is 0.960 bits per heavy atom. The average molecular weight is 334 g/mol. The molecule has 0 spiro atoms. The summed E-state index contributed by atoms with van der Waals surface area (Å²) in [6.07, 6.45) is 1.73. The van der Waals surface area contributed by atoms with E-state index in [0.717, 1.165) is 22.7 Å². The minimum absolute atomic E-state index is 0.549. The zero-order valence-corrected chi connectivity index (χ0v) is 14.7. The summed E-state index contributed by atoms with van der Waals surface area (Å²) in [5.74, 6) is 2.05. The fourth-order valence-electron chi connectivity index (χ4n) is 2.47. The molecule has 0 amide bonds. The van der Waals surface area contributed by atoms with Crippen LogP contribution in [0.4, 0.5) is 23.1 Å². The molecule has 1 heterocycles. The van der Waals surface area contributed by atoms with Gasteiger partial charge in [0.15, 0.2) is 0 Å². The first-order valence-corrected chi connectivity index (χ1v) is 8.32. The highest BCUT2D eigenvalue weighted by atomic mass is 16.5. The molecule has 0 saturated carbocycles. The molecule has 128 valence electrons. The SMILES string of the molecule is CCOc1ccccc1Nc1ccnc(Nc2cc(C)ccc2C)n1. The summed E-state index contributed by atoms with van der Waals surface area (Å²) < 4.78 is 5.64. The van der Waals surface area contributed by atoms with Crippen LogP contribution >= 0.6 is 0 Å². The Bertz CT molecular complexity index is 864. The highest BCUT2D eigenvalue weighted by Crippen LogP contribution is 2.27. The first-order chi connectivity index (χ1) is 12.2. The quantitative estimate of drug-likeness (QED) is 0.666. The number of aryl methyl sites for hydroxylation is 2. The fourth-order valence-corrected chi connectivity index (χ4v) is 2.47. The van der Waals surface area contributed by atoms with Gasteiger partial charge in [-0.3, -0.25) is 0 Å². The second-order valence-electron chi connectivity index (χ2n) is 5.76. The van der Waals surface area contributed by atoms with Gasteiger partial charge >= 0.3 is 0 Å². The summed E-state index contributed by atoms with van der Waals surface area (Å²) in [5.41, 5.74) is 4.22. The second kappa shape index (κ2) is 7.66. The number of nitrogens with one attached hydrogen (secondary N) is 2. The van der Waals surface area contributed by atoms with Gasteiger partial charge in [0.2, 0.25) is 5.95 Å². The van der Waals surface area contributed by atoms with Crippen molar-refractivity contribution < 1.29 is 4.74 Å². The van der Waals surface area contributed by atoms with Crippen LogP contribution < -0.4 is 15.4 Å². The molecule has 0 atom stereocenters. The van der Waals surface area contributed by atoms with Gasteiger partial charge in [-0.15, -0.1) is 0 Å². The summed E-state index contributed by atoms with van der Waals surface area (Å²) in [5, 5.41) is 6.58. The second-order valence-corrected chi connectivity index (χ2v) is 5.76. The maximum atomic E-state index is 5.64. The maximum Gasteiger partial charge on any atom is 0.229 e. The van der Waals surface area contributed by atoms with Crippen LogP contribution in [0.25, 0.3) is 0 Å². The third-order valence-corrected chi connectivity index (χ3v) is 3.74. The maximum absolute atomic E-state index is 5.64. The Labute approximate surface area is 148 Å². The first-order valence-electron chi connectivity index (χ1n) is 8.32. The Kier molecular flexibility index (Phi) is 5.14. The van der Waals surface area contributed by atoms with E-state index < -0.39 is 0 Å². The highest BCUT2D eigenvalue weighted by Gasteiger charge is 2.06. The van der Waals surface area contributed by atoms with E-state index in [4.69, 9.17) is 4.74 Å². The number of para-hydroxylation sites is 2. The molecule has 0 saturated heterocycles. The lowest BCUT2D eigenvalue weighted by molar-refractivity contribution is 0.342. The Morgan fingerprint density at radius 2 is 1.80 bits per heavy atom. The number of hydrogen-bond acceptors (Lipinski definition) is 5. The van der Waals surface area contributed by atoms with Crippen LogP contribution in [0.3, 0.4) is 0 Å². The normalized spacial score (nSPS) is 10.4. The molecule has 3 aromatic rings. The smallest absolute Gasteiger partial charge is 0.229 e. The predicted octanol–water partition coefficient (Wildman–Crippen LogP) is 4.98. The zero-order chi connectivity index (χ0) is 17.6. The summed E-state index contributed by atoms with van der Waals surface area (Å²) in [6.45, 7) is 6.70. The van der Waals surface area contributed by atoms with Gasteiger partial charge in [0.1, 0.15) is 11.6 Å². The van der Waals surface area contributed by atoms with E-state index in [0.29, 0.717) is 18.4 Å². The molecule has 2 aromatic carbocycles. The third kappa shape index (κ3) is 4.26. The molecule has 5 heteroatoms. The van der Waals surface area contributed by atoms with Gasteiger partial charge in [-0.1, -0.05) is 24.3 Å². The van der Waals surface area contributed by atoms with Crippen LogP contribution in [0.1, 0.15) is 18.1 Å². The van der Waals surface area contributed by atoms with Crippen LogP contribution in [-0.2, 0) is 0 Å². The Balaban J connectivity index is 1.81. The lowest BCUT2D eigenvalue weighted by Crippen LogP contribution is -2.03. The molecule has 0 fully saturated rings. The molecule has 0 aliphatic heterocycles. The molecular formula is C20H22N4O. The average Bonchev–Trinajstić information content (AvgIpc) is 2.60. The minimum Gasteiger partial charge on any atom is -0.492 e. The Morgan fingerprint density at radius 3 is 2.64 bits per heavy atom. The van der Waals surface area contributed by atoms with Gasteiger partial charge in [0.25, 0.3) is 0 Å². The van der Waals surface area contributed by atoms with Crippen LogP contribution in [0.5, 0.6) is 5.75 Å². The van der Waals surface area contributed by atoms with Crippen molar-refractivity contribution >= 4 is 23.1 Å². The summed E-state index contributed by atoms with van der Waals surface area (Å²) in [7, 11) is 0. The number of ether oxygens (including phenoxy) is 1. The van der Waals surface area contributed by atoms with Crippen LogP contribution in [0.2, 0.25) is 0 Å². The number of nitrogens with zero attached hydrogens (tertiary/aromatic N) is 2. The molecule has 5 nitrogen and oxygen atoms in total. The van der Waals surface area contributed by atoms with E-state index in [2.05, 4.69) is 52.6 Å². The number of anilines is 4. The molecule has 3 rings (SSSR count). The van der Waals surface area contributed by atoms with Gasteiger partial charge in [0.05, 0.1) is 12.3 Å². The molecule has 0 bridgehead atoms. The third-order valence-electron chi connectivity index (χ3n) is 3.74. The topological polar surface area (TPSA) is 59.1 Å². The zero-order valence-electron chi connectivity index (χ0n) is 14.7. The molecule has 0 radical (unpaired) electrons. The molecule has 1 aromatic heterocycles. The van der Waals surface area contributed by atoms with E-state index in [9.17, 15) is 0 Å². The van der Waals surface area contributed by atoms with Gasteiger partial charge in [-0.25, -0.2) is 4.98 Å². The van der Waals surface area contributed by atoms with Gasteiger partial charge in [0, 0.05) is 11.9 Å². The monoisotopic (exact) mass is 334 g/mol. The van der Waals surface area contributed by atoms with Crippen molar-refractivity contribution in [1.82, 2.24) is 9.97 Å². The predicted molar refractivity (Wildman–Crippen MR) is 102 cm³/mol. The number of benzene rings is 2. The molecule has 0 aliphatic rings. The molecule has 2 N–H and O–H groups in total. The summed E-state index contributed by atoms with van der Waals surface area (Å²) in [4.78, 5) is 8.86. The largest absolute Gasteiger partial charge is 0.492 e.